The van der Waals surface area contributed by atoms with Gasteiger partial charge in [0.2, 0.25) is 0 Å². The van der Waals surface area contributed by atoms with Crippen molar-refractivity contribution >= 4 is 43.1 Å². The molecule has 0 aliphatic carbocycles. The van der Waals surface area contributed by atoms with Crippen molar-refractivity contribution in [3.8, 4) is 66.8 Å². The van der Waals surface area contributed by atoms with Gasteiger partial charge >= 0.3 is 0 Å². The number of hydrogen-bond donors (Lipinski definition) is 0. The highest BCUT2D eigenvalue weighted by Crippen LogP contribution is 2.46. The Morgan fingerprint density at radius 3 is 1.19 bits per heavy atom. The third kappa shape index (κ3) is 5.78. The molecule has 58 heavy (non-hydrogen) atoms. The standard InChI is InChI=1S/C58H38/c1-4-17-39(18-5-1)44-35-45(40-19-6-2-7-20-40)37-46(36-44)48-33-34-50(49-30-16-24-41-21-10-11-25-47(41)49)51-32-31-43(38-56(48)51)58-54-28-14-12-26-52(54)57(42-22-8-3-9-23-42)53-27-13-15-29-55(53)58/h1-38H. The van der Waals surface area contributed by atoms with Gasteiger partial charge in [-0.25, -0.2) is 0 Å². The summed E-state index contributed by atoms with van der Waals surface area (Å²) in [6.07, 6.45) is 0. The van der Waals surface area contributed by atoms with Crippen molar-refractivity contribution in [2.45, 2.75) is 0 Å². The van der Waals surface area contributed by atoms with Crippen LogP contribution < -0.4 is 0 Å². The highest BCUT2D eigenvalue weighted by Gasteiger charge is 2.19. The number of benzene rings is 11. The summed E-state index contributed by atoms with van der Waals surface area (Å²) >= 11 is 0. The van der Waals surface area contributed by atoms with Crippen LogP contribution in [0.2, 0.25) is 0 Å². The maximum Gasteiger partial charge on any atom is -0.00261 e. The van der Waals surface area contributed by atoms with Gasteiger partial charge in [-0.1, -0.05) is 206 Å². The van der Waals surface area contributed by atoms with Crippen molar-refractivity contribution in [1.82, 2.24) is 0 Å². The first-order valence-electron chi connectivity index (χ1n) is 20.1. The number of fused-ring (bicyclic) bond motifs is 4. The molecule has 0 saturated carbocycles. The molecule has 0 amide bonds. The number of hydrogen-bond acceptors (Lipinski definition) is 0. The Kier molecular flexibility index (Phi) is 8.26. The Balaban J connectivity index is 1.23. The van der Waals surface area contributed by atoms with Crippen LogP contribution >= 0.6 is 0 Å². The zero-order chi connectivity index (χ0) is 38.4. The normalized spacial score (nSPS) is 11.4. The summed E-state index contributed by atoms with van der Waals surface area (Å²) in [5, 5.41) is 9.99. The van der Waals surface area contributed by atoms with E-state index in [1.54, 1.807) is 0 Å². The highest BCUT2D eigenvalue weighted by atomic mass is 14.2. The molecule has 0 nitrogen and oxygen atoms in total. The fourth-order valence-corrected chi connectivity index (χ4v) is 9.18. The van der Waals surface area contributed by atoms with E-state index in [4.69, 9.17) is 0 Å². The third-order valence-electron chi connectivity index (χ3n) is 11.8. The van der Waals surface area contributed by atoms with Crippen molar-refractivity contribution in [3.05, 3.63) is 231 Å². The first kappa shape index (κ1) is 33.8. The van der Waals surface area contributed by atoms with Gasteiger partial charge in [0.15, 0.2) is 0 Å². The van der Waals surface area contributed by atoms with E-state index in [9.17, 15) is 0 Å². The van der Waals surface area contributed by atoms with Crippen LogP contribution in [0.3, 0.4) is 0 Å². The van der Waals surface area contributed by atoms with E-state index in [1.807, 2.05) is 0 Å². The van der Waals surface area contributed by atoms with Crippen molar-refractivity contribution in [2.75, 3.05) is 0 Å². The molecule has 0 heterocycles. The van der Waals surface area contributed by atoms with Gasteiger partial charge in [0.1, 0.15) is 0 Å². The molecule has 0 atom stereocenters. The lowest BCUT2D eigenvalue weighted by molar-refractivity contribution is 1.57. The van der Waals surface area contributed by atoms with Gasteiger partial charge in [0.25, 0.3) is 0 Å². The Bertz CT molecular complexity index is 3180. The molecule has 0 N–H and O–H groups in total. The van der Waals surface area contributed by atoms with Crippen molar-refractivity contribution in [1.29, 1.82) is 0 Å². The molecule has 0 aromatic heterocycles. The molecule has 0 saturated heterocycles. The van der Waals surface area contributed by atoms with Crippen LogP contribution in [0.1, 0.15) is 0 Å². The van der Waals surface area contributed by atoms with Gasteiger partial charge in [-0.2, -0.15) is 0 Å². The first-order chi connectivity index (χ1) is 28.8. The largest absolute Gasteiger partial charge is 0.0622 e. The lowest BCUT2D eigenvalue weighted by Crippen LogP contribution is -1.93. The van der Waals surface area contributed by atoms with Crippen LogP contribution in [0.25, 0.3) is 110 Å². The summed E-state index contributed by atoms with van der Waals surface area (Å²) in [7, 11) is 0. The van der Waals surface area contributed by atoms with Crippen LogP contribution in [0.4, 0.5) is 0 Å². The zero-order valence-corrected chi connectivity index (χ0v) is 31.9. The average molecular weight is 735 g/mol. The quantitative estimate of drug-likeness (QED) is 0.149. The van der Waals surface area contributed by atoms with Gasteiger partial charge in [0, 0.05) is 0 Å². The van der Waals surface area contributed by atoms with Crippen molar-refractivity contribution in [3.63, 3.8) is 0 Å². The van der Waals surface area contributed by atoms with Crippen molar-refractivity contribution in [2.24, 2.45) is 0 Å². The molecule has 0 unspecified atom stereocenters. The van der Waals surface area contributed by atoms with E-state index in [-0.39, 0.29) is 0 Å². The Morgan fingerprint density at radius 1 is 0.172 bits per heavy atom. The maximum atomic E-state index is 2.47. The summed E-state index contributed by atoms with van der Waals surface area (Å²) in [5.41, 5.74) is 14.7. The monoisotopic (exact) mass is 734 g/mol. The predicted molar refractivity (Wildman–Crippen MR) is 249 cm³/mol. The minimum atomic E-state index is 1.20. The third-order valence-corrected chi connectivity index (χ3v) is 11.8. The average Bonchev–Trinajstić information content (AvgIpc) is 3.30. The first-order valence-corrected chi connectivity index (χ1v) is 20.1. The molecule has 0 aliphatic heterocycles. The summed E-state index contributed by atoms with van der Waals surface area (Å²) in [6, 6.07) is 84.7. The van der Waals surface area contributed by atoms with Gasteiger partial charge in [-0.15, -0.1) is 0 Å². The molecule has 0 aliphatic rings. The maximum absolute atomic E-state index is 2.47. The smallest absolute Gasteiger partial charge is 0.00261 e. The number of rotatable bonds is 6. The Hall–Kier alpha value is -7.54. The van der Waals surface area contributed by atoms with E-state index in [2.05, 4.69) is 231 Å². The topological polar surface area (TPSA) is 0 Å². The van der Waals surface area contributed by atoms with Crippen LogP contribution in [0.15, 0.2) is 231 Å². The summed E-state index contributed by atoms with van der Waals surface area (Å²) < 4.78 is 0. The summed E-state index contributed by atoms with van der Waals surface area (Å²) in [4.78, 5) is 0. The minimum absolute atomic E-state index is 1.20. The fourth-order valence-electron chi connectivity index (χ4n) is 9.18. The zero-order valence-electron chi connectivity index (χ0n) is 31.9. The SMILES string of the molecule is c1ccc(-c2cc(-c3ccccc3)cc(-c3ccc(-c4cccc5ccccc45)c4ccc(-c5c6ccccc6c(-c6ccccc6)c6ccccc56)cc34)c2)cc1. The molecule has 11 aromatic rings. The Labute approximate surface area is 339 Å². The lowest BCUT2D eigenvalue weighted by Gasteiger charge is -2.20. The summed E-state index contributed by atoms with van der Waals surface area (Å²) in [6.45, 7) is 0. The molecular formula is C58H38. The van der Waals surface area contributed by atoms with E-state index >= 15 is 0 Å². The van der Waals surface area contributed by atoms with E-state index in [0.717, 1.165) is 0 Å². The minimum Gasteiger partial charge on any atom is -0.0622 e. The Morgan fingerprint density at radius 2 is 0.603 bits per heavy atom. The van der Waals surface area contributed by atoms with Gasteiger partial charge in [0.05, 0.1) is 0 Å². The molecule has 0 fully saturated rings. The molecule has 0 spiro atoms. The molecule has 11 rings (SSSR count). The van der Waals surface area contributed by atoms with Crippen LogP contribution in [0, 0.1) is 0 Å². The van der Waals surface area contributed by atoms with Crippen LogP contribution in [-0.4, -0.2) is 0 Å². The molecule has 270 valence electrons. The van der Waals surface area contributed by atoms with Gasteiger partial charge < -0.3 is 0 Å². The molecular weight excluding hydrogens is 697 g/mol. The molecule has 0 bridgehead atoms. The second-order valence-corrected chi connectivity index (χ2v) is 15.2. The summed E-state index contributed by atoms with van der Waals surface area (Å²) in [5.74, 6) is 0. The molecule has 0 heteroatoms. The van der Waals surface area contributed by atoms with Crippen LogP contribution in [0.5, 0.6) is 0 Å². The lowest BCUT2D eigenvalue weighted by atomic mass is 9.84. The predicted octanol–water partition coefficient (Wildman–Crippen LogP) is 16.3. The second-order valence-electron chi connectivity index (χ2n) is 15.2. The van der Waals surface area contributed by atoms with E-state index < -0.39 is 0 Å². The van der Waals surface area contributed by atoms with Gasteiger partial charge in [-0.05, 0) is 134 Å². The fraction of sp³-hybridized carbons (Fsp3) is 0. The van der Waals surface area contributed by atoms with E-state index in [0.29, 0.717) is 0 Å². The molecule has 0 radical (unpaired) electrons. The molecule has 11 aromatic carbocycles. The van der Waals surface area contributed by atoms with E-state index in [1.165, 1.54) is 110 Å². The van der Waals surface area contributed by atoms with Gasteiger partial charge in [-0.3, -0.25) is 0 Å². The second kappa shape index (κ2) is 14.2. The van der Waals surface area contributed by atoms with Crippen molar-refractivity contribution < 1.29 is 0 Å². The van der Waals surface area contributed by atoms with Crippen LogP contribution in [-0.2, 0) is 0 Å². The highest BCUT2D eigenvalue weighted by molar-refractivity contribution is 6.22.